The Kier molecular flexibility index (Phi) is 5.49. The van der Waals surface area contributed by atoms with Gasteiger partial charge in [-0.3, -0.25) is 14.6 Å². The third kappa shape index (κ3) is 3.77. The third-order valence-corrected chi connectivity index (χ3v) is 5.18. The second-order valence-corrected chi connectivity index (χ2v) is 7.04. The predicted octanol–water partition coefficient (Wildman–Crippen LogP) is 3.85. The van der Waals surface area contributed by atoms with Crippen molar-refractivity contribution in [3.05, 3.63) is 101 Å². The maximum atomic E-state index is 14.8. The molecule has 1 fully saturated rings. The Labute approximate surface area is 178 Å². The van der Waals surface area contributed by atoms with Crippen LogP contribution in [0, 0.1) is 5.82 Å². The van der Waals surface area contributed by atoms with E-state index >= 15 is 0 Å². The highest BCUT2D eigenvalue weighted by atomic mass is 19.1. The van der Waals surface area contributed by atoms with Crippen LogP contribution in [0.2, 0.25) is 0 Å². The zero-order valence-corrected chi connectivity index (χ0v) is 16.7. The number of carbonyl (C=O) groups is 2. The van der Waals surface area contributed by atoms with Crippen LogP contribution >= 0.6 is 0 Å². The molecule has 7 heteroatoms. The molecule has 1 aliphatic heterocycles. The maximum Gasteiger partial charge on any atom is 0.295 e. The number of benzene rings is 2. The molecule has 1 unspecified atom stereocenters. The minimum absolute atomic E-state index is 0.0385. The van der Waals surface area contributed by atoms with Gasteiger partial charge in [0.05, 0.1) is 18.7 Å². The van der Waals surface area contributed by atoms with Gasteiger partial charge < -0.3 is 14.7 Å². The largest absolute Gasteiger partial charge is 0.507 e. The van der Waals surface area contributed by atoms with Crippen LogP contribution in [0.5, 0.6) is 5.75 Å². The smallest absolute Gasteiger partial charge is 0.295 e. The molecule has 1 amide bonds. The van der Waals surface area contributed by atoms with Crippen LogP contribution in [0.1, 0.15) is 22.7 Å². The lowest BCUT2D eigenvalue weighted by atomic mass is 9.94. The highest BCUT2D eigenvalue weighted by Gasteiger charge is 2.46. The molecule has 1 aliphatic rings. The minimum Gasteiger partial charge on any atom is -0.507 e. The molecule has 1 saturated heterocycles. The van der Waals surface area contributed by atoms with Crippen LogP contribution in [-0.2, 0) is 16.1 Å². The molecule has 6 nitrogen and oxygen atoms in total. The summed E-state index contributed by atoms with van der Waals surface area (Å²) in [6.07, 6.45) is 3.16. The minimum atomic E-state index is -1.08. The van der Waals surface area contributed by atoms with E-state index in [2.05, 4.69) is 4.98 Å². The number of ketones is 1. The average Bonchev–Trinajstić information content (AvgIpc) is 3.04. The first-order chi connectivity index (χ1) is 15.0. The SMILES string of the molecule is COc1ccc(/C(O)=C2\C(=O)C(=O)N(Cc3cccnc3)C2c2ccccc2F)cc1. The molecule has 0 saturated carbocycles. The van der Waals surface area contributed by atoms with Crippen molar-refractivity contribution in [2.24, 2.45) is 0 Å². The van der Waals surface area contributed by atoms with Crippen LogP contribution in [0.15, 0.2) is 78.6 Å². The summed E-state index contributed by atoms with van der Waals surface area (Å²) in [7, 11) is 1.51. The van der Waals surface area contributed by atoms with E-state index in [0.717, 1.165) is 0 Å². The number of nitrogens with zero attached hydrogens (tertiary/aromatic N) is 2. The van der Waals surface area contributed by atoms with Gasteiger partial charge in [0.2, 0.25) is 0 Å². The molecule has 156 valence electrons. The monoisotopic (exact) mass is 418 g/mol. The molecule has 4 rings (SSSR count). The van der Waals surface area contributed by atoms with Gasteiger partial charge in [0.25, 0.3) is 11.7 Å². The fraction of sp³-hybridized carbons (Fsp3) is 0.125. The summed E-state index contributed by atoms with van der Waals surface area (Å²) in [5.74, 6) is -2.06. The van der Waals surface area contributed by atoms with Crippen LogP contribution in [0.3, 0.4) is 0 Å². The second-order valence-electron chi connectivity index (χ2n) is 7.04. The fourth-order valence-corrected chi connectivity index (χ4v) is 3.66. The topological polar surface area (TPSA) is 79.7 Å². The lowest BCUT2D eigenvalue weighted by molar-refractivity contribution is -0.140. The summed E-state index contributed by atoms with van der Waals surface area (Å²) in [4.78, 5) is 31.2. The van der Waals surface area contributed by atoms with Crippen molar-refractivity contribution >= 4 is 17.4 Å². The number of ether oxygens (including phenoxy) is 1. The van der Waals surface area contributed by atoms with Gasteiger partial charge in [-0.1, -0.05) is 24.3 Å². The summed E-state index contributed by atoms with van der Waals surface area (Å²) < 4.78 is 19.9. The molecule has 0 radical (unpaired) electrons. The van der Waals surface area contributed by atoms with Gasteiger partial charge in [0.1, 0.15) is 17.3 Å². The number of aliphatic hydroxyl groups is 1. The number of methoxy groups -OCH3 is 1. The van der Waals surface area contributed by atoms with Crippen LogP contribution in [0.4, 0.5) is 4.39 Å². The number of pyridine rings is 1. The van der Waals surface area contributed by atoms with Gasteiger partial charge >= 0.3 is 0 Å². The van der Waals surface area contributed by atoms with E-state index in [0.29, 0.717) is 16.9 Å². The van der Waals surface area contributed by atoms with Crippen molar-refractivity contribution in [2.45, 2.75) is 12.6 Å². The normalized spacial score (nSPS) is 17.7. The van der Waals surface area contributed by atoms with Gasteiger partial charge in [0.15, 0.2) is 0 Å². The van der Waals surface area contributed by atoms with Crippen molar-refractivity contribution in [3.8, 4) is 5.75 Å². The molecule has 2 heterocycles. The molecule has 31 heavy (non-hydrogen) atoms. The van der Waals surface area contributed by atoms with E-state index in [1.165, 1.54) is 30.2 Å². The van der Waals surface area contributed by atoms with E-state index in [-0.39, 0.29) is 23.4 Å². The summed E-state index contributed by atoms with van der Waals surface area (Å²) >= 11 is 0. The molecule has 0 spiro atoms. The highest BCUT2D eigenvalue weighted by Crippen LogP contribution is 2.41. The zero-order chi connectivity index (χ0) is 22.0. The number of amides is 1. The number of likely N-dealkylation sites (tertiary alicyclic amines) is 1. The quantitative estimate of drug-likeness (QED) is 0.387. The van der Waals surface area contributed by atoms with Crippen LogP contribution in [-0.4, -0.2) is 33.8 Å². The number of Topliss-reactive ketones (excluding diaryl/α,β-unsaturated/α-hetero) is 1. The fourth-order valence-electron chi connectivity index (χ4n) is 3.66. The lowest BCUT2D eigenvalue weighted by Crippen LogP contribution is -2.29. The van der Waals surface area contributed by atoms with Gasteiger partial charge in [-0.25, -0.2) is 4.39 Å². The number of aliphatic hydroxyl groups excluding tert-OH is 1. The van der Waals surface area contributed by atoms with Gasteiger partial charge in [-0.2, -0.15) is 0 Å². The summed E-state index contributed by atoms with van der Waals surface area (Å²) in [6, 6.07) is 14.7. The Bertz CT molecular complexity index is 1160. The molecule has 0 bridgehead atoms. The molecule has 3 aromatic rings. The number of carbonyl (C=O) groups excluding carboxylic acids is 2. The van der Waals surface area contributed by atoms with E-state index < -0.39 is 23.5 Å². The molecule has 2 aromatic carbocycles. The Morgan fingerprint density at radius 3 is 2.48 bits per heavy atom. The first kappa shape index (κ1) is 20.3. The number of halogens is 1. The number of hydrogen-bond acceptors (Lipinski definition) is 5. The average molecular weight is 418 g/mol. The Hall–Kier alpha value is -4.00. The standard InChI is InChI=1S/C24H19FN2O4/c1-31-17-10-8-16(9-11-17)22(28)20-21(18-6-2-3-7-19(18)25)27(24(30)23(20)29)14-15-5-4-12-26-13-15/h2-13,21,28H,14H2,1H3/b22-20+. The van der Waals surface area contributed by atoms with Gasteiger partial charge in [0, 0.05) is 30.1 Å². The van der Waals surface area contributed by atoms with Gasteiger partial charge in [-0.15, -0.1) is 0 Å². The Morgan fingerprint density at radius 2 is 1.84 bits per heavy atom. The van der Waals surface area contributed by atoms with Crippen molar-refractivity contribution in [1.29, 1.82) is 0 Å². The second kappa shape index (κ2) is 8.39. The maximum absolute atomic E-state index is 14.8. The lowest BCUT2D eigenvalue weighted by Gasteiger charge is -2.25. The molecular weight excluding hydrogens is 399 g/mol. The number of aromatic nitrogens is 1. The summed E-state index contributed by atoms with van der Waals surface area (Å²) in [5.41, 5.74) is 0.960. The predicted molar refractivity (Wildman–Crippen MR) is 111 cm³/mol. The summed E-state index contributed by atoms with van der Waals surface area (Å²) in [5, 5.41) is 11.0. The van der Waals surface area contributed by atoms with Crippen molar-refractivity contribution < 1.29 is 23.8 Å². The van der Waals surface area contributed by atoms with Crippen molar-refractivity contribution in [2.75, 3.05) is 7.11 Å². The molecular formula is C24H19FN2O4. The third-order valence-electron chi connectivity index (χ3n) is 5.18. The molecule has 0 aliphatic carbocycles. The zero-order valence-electron chi connectivity index (χ0n) is 16.7. The Balaban J connectivity index is 1.86. The van der Waals surface area contributed by atoms with E-state index in [1.807, 2.05) is 0 Å². The molecule has 1 N–H and O–H groups in total. The number of rotatable bonds is 5. The summed E-state index contributed by atoms with van der Waals surface area (Å²) in [6.45, 7) is 0.0385. The molecule has 1 aromatic heterocycles. The Morgan fingerprint density at radius 1 is 1.10 bits per heavy atom. The first-order valence-electron chi connectivity index (χ1n) is 9.57. The van der Waals surface area contributed by atoms with E-state index in [9.17, 15) is 19.1 Å². The number of hydrogen-bond donors (Lipinski definition) is 1. The van der Waals surface area contributed by atoms with Crippen LogP contribution in [0.25, 0.3) is 5.76 Å². The first-order valence-corrected chi connectivity index (χ1v) is 9.57. The van der Waals surface area contributed by atoms with Crippen molar-refractivity contribution in [3.63, 3.8) is 0 Å². The molecule has 1 atom stereocenters. The van der Waals surface area contributed by atoms with E-state index in [1.54, 1.807) is 54.9 Å². The van der Waals surface area contributed by atoms with Crippen molar-refractivity contribution in [1.82, 2.24) is 9.88 Å². The van der Waals surface area contributed by atoms with E-state index in [4.69, 9.17) is 4.74 Å². The highest BCUT2D eigenvalue weighted by molar-refractivity contribution is 6.46. The van der Waals surface area contributed by atoms with Gasteiger partial charge in [-0.05, 0) is 42.0 Å². The van der Waals surface area contributed by atoms with Crippen LogP contribution < -0.4 is 4.74 Å².